The molecule has 3 heterocycles. The number of fused-ring (bicyclic) bond motifs is 1. The van der Waals surface area contributed by atoms with Crippen molar-refractivity contribution in [2.75, 3.05) is 19.6 Å². The van der Waals surface area contributed by atoms with Gasteiger partial charge in [-0.2, -0.15) is 0 Å². The van der Waals surface area contributed by atoms with Gasteiger partial charge in [-0.3, -0.25) is 19.1 Å². The van der Waals surface area contributed by atoms with E-state index in [2.05, 4.69) is 32.7 Å². The van der Waals surface area contributed by atoms with Gasteiger partial charge in [-0.1, -0.05) is 6.07 Å². The summed E-state index contributed by atoms with van der Waals surface area (Å²) >= 11 is 1.78. The number of benzene rings is 1. The molecule has 1 saturated heterocycles. The van der Waals surface area contributed by atoms with Gasteiger partial charge in [0.25, 0.3) is 5.56 Å². The highest BCUT2D eigenvalue weighted by atomic mass is 32.1. The molecule has 152 valence electrons. The number of nitrogens with zero attached hydrogens (tertiary/aromatic N) is 3. The van der Waals surface area contributed by atoms with Crippen molar-refractivity contribution in [1.29, 1.82) is 0 Å². The lowest BCUT2D eigenvalue weighted by Crippen LogP contribution is -2.39. The molecule has 1 amide bonds. The SMILES string of the molecule is O=C(Cn1cnc2ccc(F)cc2c1=O)NCC1CCN(Cc2cccs2)CC1. The van der Waals surface area contributed by atoms with Crippen LogP contribution in [0, 0.1) is 11.7 Å². The van der Waals surface area contributed by atoms with Crippen LogP contribution in [-0.4, -0.2) is 40.0 Å². The van der Waals surface area contributed by atoms with E-state index in [0.717, 1.165) is 38.5 Å². The zero-order chi connectivity index (χ0) is 20.2. The summed E-state index contributed by atoms with van der Waals surface area (Å²) in [6.45, 7) is 3.54. The molecular weight excluding hydrogens is 391 g/mol. The molecule has 1 aliphatic rings. The molecule has 1 aromatic carbocycles. The van der Waals surface area contributed by atoms with Gasteiger partial charge < -0.3 is 5.32 Å². The zero-order valence-electron chi connectivity index (χ0n) is 16.0. The first-order valence-electron chi connectivity index (χ1n) is 9.74. The first-order valence-corrected chi connectivity index (χ1v) is 10.6. The Bertz CT molecular complexity index is 1040. The van der Waals surface area contributed by atoms with Crippen LogP contribution in [0.2, 0.25) is 0 Å². The van der Waals surface area contributed by atoms with Gasteiger partial charge in [-0.15, -0.1) is 11.3 Å². The molecule has 0 bridgehead atoms. The Hall–Kier alpha value is -2.58. The van der Waals surface area contributed by atoms with Crippen LogP contribution < -0.4 is 10.9 Å². The highest BCUT2D eigenvalue weighted by molar-refractivity contribution is 7.09. The average molecular weight is 415 g/mol. The molecule has 1 N–H and O–H groups in total. The molecule has 0 unspecified atom stereocenters. The molecular formula is C21H23FN4O2S. The molecule has 29 heavy (non-hydrogen) atoms. The molecule has 4 rings (SSSR count). The fraction of sp³-hybridized carbons (Fsp3) is 0.381. The van der Waals surface area contributed by atoms with Crippen LogP contribution >= 0.6 is 11.3 Å². The number of nitrogens with one attached hydrogen (secondary N) is 1. The first kappa shape index (κ1) is 19.7. The van der Waals surface area contributed by atoms with E-state index in [1.807, 2.05) is 0 Å². The third-order valence-corrected chi connectivity index (χ3v) is 6.22. The number of hydrogen-bond acceptors (Lipinski definition) is 5. The minimum Gasteiger partial charge on any atom is -0.354 e. The normalized spacial score (nSPS) is 15.6. The number of halogens is 1. The highest BCUT2D eigenvalue weighted by Gasteiger charge is 2.20. The van der Waals surface area contributed by atoms with Crippen LogP contribution in [0.4, 0.5) is 4.39 Å². The molecule has 0 aliphatic carbocycles. The van der Waals surface area contributed by atoms with E-state index >= 15 is 0 Å². The number of carbonyl (C=O) groups excluding carboxylic acids is 1. The van der Waals surface area contributed by atoms with Gasteiger partial charge in [0.05, 0.1) is 17.2 Å². The lowest BCUT2D eigenvalue weighted by molar-refractivity contribution is -0.122. The van der Waals surface area contributed by atoms with Gasteiger partial charge in [-0.25, -0.2) is 9.37 Å². The van der Waals surface area contributed by atoms with Crippen LogP contribution in [-0.2, 0) is 17.9 Å². The lowest BCUT2D eigenvalue weighted by atomic mass is 9.97. The zero-order valence-corrected chi connectivity index (χ0v) is 16.8. The summed E-state index contributed by atoms with van der Waals surface area (Å²) in [7, 11) is 0. The van der Waals surface area contributed by atoms with Crippen molar-refractivity contribution in [2.45, 2.75) is 25.9 Å². The number of amides is 1. The Labute approximate surface area is 172 Å². The maximum absolute atomic E-state index is 13.4. The molecule has 1 aliphatic heterocycles. The smallest absolute Gasteiger partial charge is 0.261 e. The van der Waals surface area contributed by atoms with Crippen molar-refractivity contribution in [3.8, 4) is 0 Å². The molecule has 0 atom stereocenters. The minimum absolute atomic E-state index is 0.116. The summed E-state index contributed by atoms with van der Waals surface area (Å²) in [5.41, 5.74) is 0.00824. The van der Waals surface area contributed by atoms with Crippen molar-refractivity contribution in [3.05, 3.63) is 63.1 Å². The van der Waals surface area contributed by atoms with E-state index in [4.69, 9.17) is 0 Å². The van der Waals surface area contributed by atoms with Gasteiger partial charge in [0, 0.05) is 18.0 Å². The number of aromatic nitrogens is 2. The molecule has 6 nitrogen and oxygen atoms in total. The molecule has 1 fully saturated rings. The Morgan fingerprint density at radius 1 is 1.28 bits per heavy atom. The second kappa shape index (κ2) is 8.84. The average Bonchev–Trinajstić information content (AvgIpc) is 3.23. The van der Waals surface area contributed by atoms with Gasteiger partial charge in [-0.05, 0) is 61.5 Å². The van der Waals surface area contributed by atoms with Crippen molar-refractivity contribution in [2.24, 2.45) is 5.92 Å². The minimum atomic E-state index is -0.496. The third-order valence-electron chi connectivity index (χ3n) is 5.35. The summed E-state index contributed by atoms with van der Waals surface area (Å²) < 4.78 is 14.6. The fourth-order valence-corrected chi connectivity index (χ4v) is 4.43. The van der Waals surface area contributed by atoms with E-state index in [-0.39, 0.29) is 17.8 Å². The van der Waals surface area contributed by atoms with Crippen LogP contribution in [0.5, 0.6) is 0 Å². The topological polar surface area (TPSA) is 67.2 Å². The summed E-state index contributed by atoms with van der Waals surface area (Å²) in [6, 6.07) is 8.12. The summed E-state index contributed by atoms with van der Waals surface area (Å²) in [5, 5.41) is 5.21. The predicted molar refractivity (Wildman–Crippen MR) is 111 cm³/mol. The summed E-state index contributed by atoms with van der Waals surface area (Å²) in [6.07, 6.45) is 3.43. The second-order valence-electron chi connectivity index (χ2n) is 7.44. The van der Waals surface area contributed by atoms with E-state index in [9.17, 15) is 14.0 Å². The standard InChI is InChI=1S/C21H23FN4O2S/c22-16-3-4-19-18(10-16)21(28)26(14-24-19)13-20(27)23-11-15-5-7-25(8-6-15)12-17-2-1-9-29-17/h1-4,9-10,14-15H,5-8,11-13H2,(H,23,27). The van der Waals surface area contributed by atoms with Crippen molar-refractivity contribution < 1.29 is 9.18 Å². The number of piperidine rings is 1. The first-order chi connectivity index (χ1) is 14.1. The largest absolute Gasteiger partial charge is 0.354 e. The molecule has 8 heteroatoms. The summed E-state index contributed by atoms with van der Waals surface area (Å²) in [4.78, 5) is 32.7. The van der Waals surface area contributed by atoms with Crippen LogP contribution in [0.3, 0.4) is 0 Å². The Balaban J connectivity index is 1.27. The highest BCUT2D eigenvalue weighted by Crippen LogP contribution is 2.20. The van der Waals surface area contributed by atoms with E-state index in [0.29, 0.717) is 18.0 Å². The maximum Gasteiger partial charge on any atom is 0.261 e. The molecule has 3 aromatic rings. The predicted octanol–water partition coefficient (Wildman–Crippen LogP) is 2.63. The number of thiophene rings is 1. The van der Waals surface area contributed by atoms with Crippen LogP contribution in [0.15, 0.2) is 46.8 Å². The van der Waals surface area contributed by atoms with Crippen molar-refractivity contribution >= 4 is 28.1 Å². The van der Waals surface area contributed by atoms with E-state index < -0.39 is 11.4 Å². The number of rotatable bonds is 6. The fourth-order valence-electron chi connectivity index (χ4n) is 3.68. The van der Waals surface area contributed by atoms with Gasteiger partial charge in [0.2, 0.25) is 5.91 Å². The molecule has 0 spiro atoms. The van der Waals surface area contributed by atoms with Crippen LogP contribution in [0.25, 0.3) is 10.9 Å². The number of hydrogen-bond donors (Lipinski definition) is 1. The second-order valence-corrected chi connectivity index (χ2v) is 8.47. The lowest BCUT2D eigenvalue weighted by Gasteiger charge is -2.31. The van der Waals surface area contributed by atoms with Gasteiger partial charge in [0.1, 0.15) is 12.4 Å². The number of likely N-dealkylation sites (tertiary alicyclic amines) is 1. The monoisotopic (exact) mass is 414 g/mol. The molecule has 2 aromatic heterocycles. The number of carbonyl (C=O) groups is 1. The molecule has 0 radical (unpaired) electrons. The summed E-state index contributed by atoms with van der Waals surface area (Å²) in [5.74, 6) is -0.284. The van der Waals surface area contributed by atoms with Crippen molar-refractivity contribution in [1.82, 2.24) is 19.8 Å². The van der Waals surface area contributed by atoms with Crippen LogP contribution in [0.1, 0.15) is 17.7 Å². The Morgan fingerprint density at radius 3 is 2.86 bits per heavy atom. The third kappa shape index (κ3) is 4.89. The van der Waals surface area contributed by atoms with E-state index in [1.165, 1.54) is 27.9 Å². The Kier molecular flexibility index (Phi) is 6.01. The van der Waals surface area contributed by atoms with Gasteiger partial charge >= 0.3 is 0 Å². The Morgan fingerprint density at radius 2 is 2.10 bits per heavy atom. The van der Waals surface area contributed by atoms with Gasteiger partial charge in [0.15, 0.2) is 0 Å². The molecule has 0 saturated carbocycles. The maximum atomic E-state index is 13.4. The van der Waals surface area contributed by atoms with E-state index in [1.54, 1.807) is 11.3 Å². The quantitative estimate of drug-likeness (QED) is 0.673. The van der Waals surface area contributed by atoms with Crippen molar-refractivity contribution in [3.63, 3.8) is 0 Å².